The lowest BCUT2D eigenvalue weighted by molar-refractivity contribution is -0.118. The van der Waals surface area contributed by atoms with E-state index in [2.05, 4.69) is 20.7 Å². The molecular formula is C18H15ClN4OS3. The van der Waals surface area contributed by atoms with Gasteiger partial charge in [0.2, 0.25) is 0 Å². The Morgan fingerprint density at radius 1 is 1.07 bits per heavy atom. The summed E-state index contributed by atoms with van der Waals surface area (Å²) in [6.45, 7) is 0. The van der Waals surface area contributed by atoms with Crippen LogP contribution in [0.1, 0.15) is 11.1 Å². The Morgan fingerprint density at radius 3 is 2.52 bits per heavy atom. The van der Waals surface area contributed by atoms with E-state index < -0.39 is 0 Å². The third-order valence-corrected chi connectivity index (χ3v) is 6.71. The Morgan fingerprint density at radius 2 is 1.78 bits per heavy atom. The molecule has 0 bridgehead atoms. The van der Waals surface area contributed by atoms with Crippen LogP contribution in [0, 0.1) is 0 Å². The number of hydrogen-bond donors (Lipinski definition) is 1. The summed E-state index contributed by atoms with van der Waals surface area (Å²) in [6, 6.07) is 17.3. The van der Waals surface area contributed by atoms with Gasteiger partial charge < -0.3 is 0 Å². The largest absolute Gasteiger partial charge is 0.272 e. The number of aromatic nitrogens is 2. The Labute approximate surface area is 174 Å². The highest BCUT2D eigenvalue weighted by molar-refractivity contribution is 8.03. The van der Waals surface area contributed by atoms with Crippen LogP contribution in [0.4, 0.5) is 0 Å². The minimum Gasteiger partial charge on any atom is -0.272 e. The zero-order valence-corrected chi connectivity index (χ0v) is 17.2. The molecule has 1 aromatic heterocycles. The van der Waals surface area contributed by atoms with Crippen molar-refractivity contribution in [1.82, 2.24) is 15.6 Å². The number of nitrogens with one attached hydrogen (secondary N) is 1. The lowest BCUT2D eigenvalue weighted by Crippen LogP contribution is -2.19. The van der Waals surface area contributed by atoms with Gasteiger partial charge in [-0.25, -0.2) is 5.43 Å². The van der Waals surface area contributed by atoms with Crippen LogP contribution in [0.25, 0.3) is 0 Å². The second-order valence-electron chi connectivity index (χ2n) is 5.24. The maximum atomic E-state index is 11.8. The zero-order valence-electron chi connectivity index (χ0n) is 14.0. The summed E-state index contributed by atoms with van der Waals surface area (Å²) in [6.07, 6.45) is 1.61. The van der Waals surface area contributed by atoms with Gasteiger partial charge in [0.1, 0.15) is 0 Å². The smallest absolute Gasteiger partial charge is 0.250 e. The average Bonchev–Trinajstić information content (AvgIpc) is 3.15. The first kappa shape index (κ1) is 19.9. The molecule has 0 spiro atoms. The summed E-state index contributed by atoms with van der Waals surface area (Å²) in [5.41, 5.74) is 4.61. The first-order valence-electron chi connectivity index (χ1n) is 7.89. The highest BCUT2D eigenvalue weighted by Crippen LogP contribution is 2.30. The van der Waals surface area contributed by atoms with Crippen molar-refractivity contribution in [3.63, 3.8) is 0 Å². The van der Waals surface area contributed by atoms with Gasteiger partial charge in [-0.05, 0) is 23.3 Å². The van der Waals surface area contributed by atoms with Crippen LogP contribution in [0.3, 0.4) is 0 Å². The summed E-state index contributed by atoms with van der Waals surface area (Å²) in [7, 11) is 0. The molecule has 0 unspecified atom stereocenters. The SMILES string of the molecule is O=C(CSc1nnc(SCc2ccc(Cl)cc2)s1)N/N=C\c1ccccc1. The third-order valence-electron chi connectivity index (χ3n) is 3.19. The minimum absolute atomic E-state index is 0.183. The fourth-order valence-electron chi connectivity index (χ4n) is 1.92. The molecule has 27 heavy (non-hydrogen) atoms. The van der Waals surface area contributed by atoms with Crippen molar-refractivity contribution in [1.29, 1.82) is 0 Å². The van der Waals surface area contributed by atoms with Gasteiger partial charge >= 0.3 is 0 Å². The number of thioether (sulfide) groups is 2. The molecule has 3 aromatic rings. The van der Waals surface area contributed by atoms with Gasteiger partial charge in [-0.2, -0.15) is 5.10 Å². The molecule has 0 fully saturated rings. The molecule has 0 saturated heterocycles. The molecule has 0 aliphatic carbocycles. The van der Waals surface area contributed by atoms with Crippen molar-refractivity contribution in [3.05, 3.63) is 70.7 Å². The van der Waals surface area contributed by atoms with Crippen molar-refractivity contribution in [2.24, 2.45) is 5.10 Å². The molecule has 138 valence electrons. The highest BCUT2D eigenvalue weighted by Gasteiger charge is 2.08. The molecule has 0 aliphatic heterocycles. The van der Waals surface area contributed by atoms with Gasteiger partial charge in [0.15, 0.2) is 8.68 Å². The molecule has 0 radical (unpaired) electrons. The molecule has 5 nitrogen and oxygen atoms in total. The van der Waals surface area contributed by atoms with Gasteiger partial charge in [-0.3, -0.25) is 4.79 Å². The molecule has 1 amide bonds. The average molecular weight is 435 g/mol. The summed E-state index contributed by atoms with van der Waals surface area (Å²) < 4.78 is 1.63. The van der Waals surface area contributed by atoms with E-state index in [-0.39, 0.29) is 11.7 Å². The third kappa shape index (κ3) is 6.99. The van der Waals surface area contributed by atoms with Crippen molar-refractivity contribution >= 4 is 58.6 Å². The summed E-state index contributed by atoms with van der Waals surface area (Å²) in [4.78, 5) is 11.8. The van der Waals surface area contributed by atoms with E-state index in [0.717, 1.165) is 25.0 Å². The van der Waals surface area contributed by atoms with E-state index in [9.17, 15) is 4.79 Å². The molecule has 3 rings (SSSR count). The molecule has 0 saturated carbocycles. The maximum absolute atomic E-state index is 11.8. The lowest BCUT2D eigenvalue weighted by atomic mass is 10.2. The molecule has 0 aliphatic rings. The van der Waals surface area contributed by atoms with E-state index in [0.29, 0.717) is 0 Å². The molecule has 1 N–H and O–H groups in total. The van der Waals surface area contributed by atoms with Crippen molar-refractivity contribution in [2.45, 2.75) is 14.4 Å². The predicted molar refractivity (Wildman–Crippen MR) is 114 cm³/mol. The summed E-state index contributed by atoms with van der Waals surface area (Å²) in [5, 5.41) is 12.9. The lowest BCUT2D eigenvalue weighted by Gasteiger charge is -1.98. The van der Waals surface area contributed by atoms with Gasteiger partial charge in [0, 0.05) is 10.8 Å². The first-order valence-corrected chi connectivity index (χ1v) is 11.1. The van der Waals surface area contributed by atoms with Crippen LogP contribution in [0.15, 0.2) is 68.4 Å². The Kier molecular flexibility index (Phi) is 7.70. The van der Waals surface area contributed by atoms with Crippen molar-refractivity contribution in [2.75, 3.05) is 5.75 Å². The zero-order chi connectivity index (χ0) is 18.9. The number of carbonyl (C=O) groups is 1. The number of halogens is 1. The molecular weight excluding hydrogens is 420 g/mol. The number of hydrogen-bond acceptors (Lipinski definition) is 7. The highest BCUT2D eigenvalue weighted by atomic mass is 35.5. The van der Waals surface area contributed by atoms with Gasteiger partial charge in [0.05, 0.1) is 12.0 Å². The Balaban J connectivity index is 1.40. The second kappa shape index (κ2) is 10.5. The number of nitrogens with zero attached hydrogens (tertiary/aromatic N) is 3. The van der Waals surface area contributed by atoms with E-state index >= 15 is 0 Å². The summed E-state index contributed by atoms with van der Waals surface area (Å²) in [5.74, 6) is 0.853. The van der Waals surface area contributed by atoms with Crippen molar-refractivity contribution < 1.29 is 4.79 Å². The number of benzene rings is 2. The summed E-state index contributed by atoms with van der Waals surface area (Å²) >= 11 is 10.3. The maximum Gasteiger partial charge on any atom is 0.250 e. The number of carbonyl (C=O) groups excluding carboxylic acids is 1. The minimum atomic E-state index is -0.183. The van der Waals surface area contributed by atoms with E-state index in [1.54, 1.807) is 18.0 Å². The number of hydrazone groups is 1. The second-order valence-corrected chi connectivity index (χ2v) is 9.10. The number of amides is 1. The molecule has 1 heterocycles. The monoisotopic (exact) mass is 434 g/mol. The van der Waals surface area contributed by atoms with Crippen LogP contribution in [0.2, 0.25) is 5.02 Å². The number of rotatable bonds is 8. The topological polar surface area (TPSA) is 67.2 Å². The van der Waals surface area contributed by atoms with Crippen LogP contribution >= 0.6 is 46.5 Å². The molecule has 9 heteroatoms. The fraction of sp³-hybridized carbons (Fsp3) is 0.111. The first-order chi connectivity index (χ1) is 13.2. The van der Waals surface area contributed by atoms with E-state index in [1.807, 2.05) is 54.6 Å². The van der Waals surface area contributed by atoms with Crippen LogP contribution in [0.5, 0.6) is 0 Å². The fourth-order valence-corrected chi connectivity index (χ4v) is 4.81. The predicted octanol–water partition coefficient (Wildman–Crippen LogP) is 4.73. The quantitative estimate of drug-likeness (QED) is 0.315. The van der Waals surface area contributed by atoms with E-state index in [1.165, 1.54) is 28.7 Å². The normalized spacial score (nSPS) is 11.0. The van der Waals surface area contributed by atoms with Gasteiger partial charge in [0.25, 0.3) is 5.91 Å². The standard InChI is InChI=1S/C18H15ClN4OS3/c19-15-8-6-14(7-9-15)11-25-17-22-23-18(27-17)26-12-16(24)21-20-10-13-4-2-1-3-5-13/h1-10H,11-12H2,(H,21,24)/b20-10-. The van der Waals surface area contributed by atoms with Crippen molar-refractivity contribution in [3.8, 4) is 0 Å². The van der Waals surface area contributed by atoms with Crippen LogP contribution in [-0.4, -0.2) is 28.1 Å². The molecule has 0 atom stereocenters. The van der Waals surface area contributed by atoms with Gasteiger partial charge in [-0.15, -0.1) is 10.2 Å². The molecule has 2 aromatic carbocycles. The van der Waals surface area contributed by atoms with Gasteiger partial charge in [-0.1, -0.05) is 88.9 Å². The van der Waals surface area contributed by atoms with Crippen LogP contribution in [-0.2, 0) is 10.5 Å². The Hall–Kier alpha value is -1.87. The van der Waals surface area contributed by atoms with Crippen LogP contribution < -0.4 is 5.43 Å². The Bertz CT molecular complexity index is 900. The van der Waals surface area contributed by atoms with E-state index in [4.69, 9.17) is 11.6 Å².